The van der Waals surface area contributed by atoms with Crippen molar-refractivity contribution in [1.82, 2.24) is 15.0 Å². The van der Waals surface area contributed by atoms with E-state index in [4.69, 9.17) is 14.0 Å². The van der Waals surface area contributed by atoms with Gasteiger partial charge in [0, 0.05) is 45.0 Å². The molecule has 3 rings (SSSR count). The van der Waals surface area contributed by atoms with E-state index >= 15 is 0 Å². The number of carbonyl (C=O) groups is 2. The Labute approximate surface area is 195 Å². The highest BCUT2D eigenvalue weighted by atomic mass is 16.5. The molecule has 0 saturated heterocycles. The summed E-state index contributed by atoms with van der Waals surface area (Å²) in [4.78, 5) is 29.8. The molecule has 2 heterocycles. The van der Waals surface area contributed by atoms with Gasteiger partial charge >= 0.3 is 0 Å². The highest BCUT2D eigenvalue weighted by molar-refractivity contribution is 6.04. The van der Waals surface area contributed by atoms with Crippen LogP contribution in [-0.4, -0.2) is 79.3 Å². The molecule has 1 aromatic heterocycles. The number of nitrogens with one attached hydrogen (secondary N) is 1. The summed E-state index contributed by atoms with van der Waals surface area (Å²) in [5, 5.41) is 6.29. The van der Waals surface area contributed by atoms with Gasteiger partial charge in [-0.15, -0.1) is 0 Å². The van der Waals surface area contributed by atoms with E-state index in [0.717, 1.165) is 19.5 Å². The smallest absolute Gasteiger partial charge is 0.294 e. The van der Waals surface area contributed by atoms with E-state index in [1.165, 1.54) is 12.3 Å². The Hall–Kier alpha value is -2.91. The van der Waals surface area contributed by atoms with E-state index in [2.05, 4.69) is 36.1 Å². The van der Waals surface area contributed by atoms with Crippen LogP contribution in [-0.2, 0) is 4.74 Å². The Balaban J connectivity index is 1.91. The number of carbonyl (C=O) groups excluding carboxylic acids is 2. The monoisotopic (exact) mass is 458 g/mol. The van der Waals surface area contributed by atoms with Crippen molar-refractivity contribution < 1.29 is 23.6 Å². The molecule has 180 valence electrons. The fourth-order valence-corrected chi connectivity index (χ4v) is 4.05. The number of hydrogen-bond donors (Lipinski definition) is 1. The summed E-state index contributed by atoms with van der Waals surface area (Å²) in [7, 11) is 3.44. The highest BCUT2D eigenvalue weighted by Crippen LogP contribution is 2.26. The second-order valence-corrected chi connectivity index (χ2v) is 8.63. The van der Waals surface area contributed by atoms with Crippen molar-refractivity contribution in [1.29, 1.82) is 0 Å². The second-order valence-electron chi connectivity index (χ2n) is 8.63. The SMILES string of the molecule is CCCN1C[C@H](C)[C@@H](OC)CN(C)C(=O)c2cc(NC(=O)c3ccno3)ccc2OC[C@@H]1C. The quantitative estimate of drug-likeness (QED) is 0.735. The van der Waals surface area contributed by atoms with Crippen molar-refractivity contribution >= 4 is 17.5 Å². The molecule has 2 aromatic rings. The molecule has 9 heteroatoms. The van der Waals surface area contributed by atoms with E-state index in [1.54, 1.807) is 37.3 Å². The summed E-state index contributed by atoms with van der Waals surface area (Å²) in [6.45, 7) is 9.16. The topological polar surface area (TPSA) is 97.1 Å². The molecular weight excluding hydrogens is 424 g/mol. The predicted octanol–water partition coefficient (Wildman–Crippen LogP) is 3.14. The van der Waals surface area contributed by atoms with Gasteiger partial charge in [0.25, 0.3) is 11.8 Å². The van der Waals surface area contributed by atoms with Gasteiger partial charge in [-0.1, -0.05) is 19.0 Å². The summed E-state index contributed by atoms with van der Waals surface area (Å²) in [6.07, 6.45) is 2.33. The van der Waals surface area contributed by atoms with Crippen LogP contribution in [0.2, 0.25) is 0 Å². The van der Waals surface area contributed by atoms with Crippen LogP contribution in [0.1, 0.15) is 48.1 Å². The van der Waals surface area contributed by atoms with Crippen molar-refractivity contribution in [2.24, 2.45) is 5.92 Å². The maximum absolute atomic E-state index is 13.4. The van der Waals surface area contributed by atoms with Gasteiger partial charge < -0.3 is 24.2 Å². The average molecular weight is 459 g/mol. The zero-order chi connectivity index (χ0) is 24.0. The van der Waals surface area contributed by atoms with Gasteiger partial charge in [0.05, 0.1) is 17.9 Å². The van der Waals surface area contributed by atoms with Gasteiger partial charge in [0.1, 0.15) is 12.4 Å². The number of anilines is 1. The van der Waals surface area contributed by atoms with Crippen molar-refractivity contribution in [3.05, 3.63) is 41.8 Å². The van der Waals surface area contributed by atoms with Crippen molar-refractivity contribution in [2.75, 3.05) is 45.7 Å². The summed E-state index contributed by atoms with van der Waals surface area (Å²) >= 11 is 0. The van der Waals surface area contributed by atoms with Crippen LogP contribution in [0.5, 0.6) is 5.75 Å². The van der Waals surface area contributed by atoms with E-state index in [1.807, 2.05) is 0 Å². The highest BCUT2D eigenvalue weighted by Gasteiger charge is 2.28. The lowest BCUT2D eigenvalue weighted by Gasteiger charge is -2.35. The fourth-order valence-electron chi connectivity index (χ4n) is 4.05. The zero-order valence-electron chi connectivity index (χ0n) is 20.0. The fraction of sp³-hybridized carbons (Fsp3) is 0.542. The largest absolute Gasteiger partial charge is 0.491 e. The summed E-state index contributed by atoms with van der Waals surface area (Å²) in [5.74, 6) is 0.151. The Bertz CT molecular complexity index is 933. The minimum atomic E-state index is -0.445. The van der Waals surface area contributed by atoms with E-state index in [-0.39, 0.29) is 29.7 Å². The molecule has 0 unspecified atom stereocenters. The maximum Gasteiger partial charge on any atom is 0.294 e. The molecule has 9 nitrogen and oxygen atoms in total. The third-order valence-electron chi connectivity index (χ3n) is 6.00. The lowest BCUT2D eigenvalue weighted by molar-refractivity contribution is 0.0108. The van der Waals surface area contributed by atoms with Crippen molar-refractivity contribution in [3.63, 3.8) is 0 Å². The average Bonchev–Trinajstić information content (AvgIpc) is 3.35. The number of nitrogens with zero attached hydrogens (tertiary/aromatic N) is 3. The first kappa shape index (κ1) is 24.7. The Morgan fingerprint density at radius 3 is 2.73 bits per heavy atom. The zero-order valence-corrected chi connectivity index (χ0v) is 20.0. The van der Waals surface area contributed by atoms with Crippen molar-refractivity contribution in [2.45, 2.75) is 39.3 Å². The molecule has 1 N–H and O–H groups in total. The van der Waals surface area contributed by atoms with Crippen LogP contribution in [0.25, 0.3) is 0 Å². The summed E-state index contributed by atoms with van der Waals surface area (Å²) < 4.78 is 16.8. The van der Waals surface area contributed by atoms with Crippen LogP contribution in [0.3, 0.4) is 0 Å². The molecular formula is C24H34N4O5. The van der Waals surface area contributed by atoms with Gasteiger partial charge in [0.2, 0.25) is 5.76 Å². The summed E-state index contributed by atoms with van der Waals surface area (Å²) in [6, 6.07) is 6.70. The molecule has 0 radical (unpaired) electrons. The molecule has 3 atom stereocenters. The van der Waals surface area contributed by atoms with Crippen LogP contribution in [0, 0.1) is 5.92 Å². The molecule has 1 aromatic carbocycles. The number of methoxy groups -OCH3 is 1. The second kappa shape index (κ2) is 11.3. The number of hydrogen-bond acceptors (Lipinski definition) is 7. The maximum atomic E-state index is 13.4. The van der Waals surface area contributed by atoms with Gasteiger partial charge in [-0.05, 0) is 44.0 Å². The third kappa shape index (κ3) is 6.11. The van der Waals surface area contributed by atoms with Crippen LogP contribution >= 0.6 is 0 Å². The number of aromatic nitrogens is 1. The minimum Gasteiger partial charge on any atom is -0.491 e. The number of rotatable bonds is 5. The first-order valence-electron chi connectivity index (χ1n) is 11.3. The number of benzene rings is 1. The Kier molecular flexibility index (Phi) is 8.46. The molecule has 33 heavy (non-hydrogen) atoms. The Morgan fingerprint density at radius 1 is 1.27 bits per heavy atom. The van der Waals surface area contributed by atoms with E-state index in [9.17, 15) is 9.59 Å². The first-order chi connectivity index (χ1) is 15.8. The lowest BCUT2D eigenvalue weighted by Crippen LogP contribution is -2.46. The van der Waals surface area contributed by atoms with Gasteiger partial charge in [-0.25, -0.2) is 0 Å². The Morgan fingerprint density at radius 2 is 2.06 bits per heavy atom. The molecule has 0 aliphatic carbocycles. The number of amides is 2. The standard InChI is InChI=1S/C24H34N4O5/c1-6-11-28-13-16(2)22(31-5)14-27(4)24(30)19-12-18(7-8-20(19)32-15-17(28)3)26-23(29)21-9-10-25-33-21/h7-10,12,16-17,22H,6,11,13-15H2,1-5H3,(H,26,29)/t16-,17-,22-/m0/s1. The molecule has 0 bridgehead atoms. The minimum absolute atomic E-state index is 0.0872. The van der Waals surface area contributed by atoms with Gasteiger partial charge in [0.15, 0.2) is 0 Å². The lowest BCUT2D eigenvalue weighted by atomic mass is 10.0. The van der Waals surface area contributed by atoms with Crippen LogP contribution < -0.4 is 10.1 Å². The van der Waals surface area contributed by atoms with Gasteiger partial charge in [-0.3, -0.25) is 14.5 Å². The normalized spacial score (nSPS) is 22.6. The number of fused-ring (bicyclic) bond motifs is 1. The van der Waals surface area contributed by atoms with E-state index < -0.39 is 5.91 Å². The number of ether oxygens (including phenoxy) is 2. The van der Waals surface area contributed by atoms with Crippen LogP contribution in [0.15, 0.2) is 35.0 Å². The number of likely N-dealkylation sites (N-methyl/N-ethyl adjacent to an activating group) is 1. The molecule has 0 saturated carbocycles. The summed E-state index contributed by atoms with van der Waals surface area (Å²) in [5.41, 5.74) is 0.843. The predicted molar refractivity (Wildman–Crippen MR) is 125 cm³/mol. The molecule has 1 aliphatic rings. The van der Waals surface area contributed by atoms with Crippen molar-refractivity contribution in [3.8, 4) is 5.75 Å². The molecule has 1 aliphatic heterocycles. The molecule has 2 amide bonds. The van der Waals surface area contributed by atoms with Crippen LogP contribution in [0.4, 0.5) is 5.69 Å². The first-order valence-corrected chi connectivity index (χ1v) is 11.3. The van der Waals surface area contributed by atoms with E-state index in [0.29, 0.717) is 30.2 Å². The third-order valence-corrected chi connectivity index (χ3v) is 6.00. The molecule has 0 spiro atoms. The van der Waals surface area contributed by atoms with Gasteiger partial charge in [-0.2, -0.15) is 0 Å². The molecule has 0 fully saturated rings.